The molecule has 0 N–H and O–H groups in total. The number of piperidine rings is 1. The minimum Gasteiger partial charge on any atom is -0.480 e. The Kier molecular flexibility index (Phi) is 6.11. The maximum absolute atomic E-state index is 12.5. The van der Waals surface area contributed by atoms with Gasteiger partial charge in [0.15, 0.2) is 12.4 Å². The summed E-state index contributed by atoms with van der Waals surface area (Å²) in [7, 11) is 0. The molecule has 1 amide bonds. The summed E-state index contributed by atoms with van der Waals surface area (Å²) in [4.78, 5) is 26.5. The summed E-state index contributed by atoms with van der Waals surface area (Å²) in [6, 6.07) is 9.39. The molecule has 0 aliphatic carbocycles. The molecule has 2 heterocycles. The van der Waals surface area contributed by atoms with E-state index in [-0.39, 0.29) is 30.6 Å². The number of hydrogen-bond donors (Lipinski definition) is 0. The molecule has 144 valence electrons. The number of para-hydroxylation sites is 1. The van der Waals surface area contributed by atoms with E-state index in [0.717, 1.165) is 31.6 Å². The van der Waals surface area contributed by atoms with Crippen LogP contribution in [-0.2, 0) is 9.53 Å². The van der Waals surface area contributed by atoms with Crippen LogP contribution < -0.4 is 4.74 Å². The lowest BCUT2D eigenvalue weighted by Gasteiger charge is -2.30. The zero-order valence-corrected chi connectivity index (χ0v) is 15.8. The predicted molar refractivity (Wildman–Crippen MR) is 100.0 cm³/mol. The predicted octanol–water partition coefficient (Wildman–Crippen LogP) is 2.69. The van der Waals surface area contributed by atoms with Gasteiger partial charge in [0.25, 0.3) is 5.91 Å². The van der Waals surface area contributed by atoms with Crippen molar-refractivity contribution in [2.75, 3.05) is 26.3 Å². The van der Waals surface area contributed by atoms with Crippen LogP contribution in [0.25, 0.3) is 5.69 Å². The Labute approximate surface area is 158 Å². The second-order valence-electron chi connectivity index (χ2n) is 6.72. The second kappa shape index (κ2) is 8.70. The lowest BCUT2D eigenvalue weighted by atomic mass is 10.0. The van der Waals surface area contributed by atoms with Crippen LogP contribution in [0.3, 0.4) is 0 Å². The fourth-order valence-electron chi connectivity index (χ4n) is 3.16. The van der Waals surface area contributed by atoms with Crippen LogP contribution in [-0.4, -0.2) is 52.9 Å². The number of nitrogens with zero attached hydrogens (tertiary/aromatic N) is 3. The Hall–Kier alpha value is -2.83. The molecule has 1 aromatic heterocycles. The van der Waals surface area contributed by atoms with E-state index in [0.29, 0.717) is 5.92 Å². The van der Waals surface area contributed by atoms with Crippen LogP contribution in [0.2, 0.25) is 0 Å². The van der Waals surface area contributed by atoms with Crippen molar-refractivity contribution in [1.29, 1.82) is 0 Å². The Bertz CT molecular complexity index is 788. The minimum atomic E-state index is -0.568. The quantitative estimate of drug-likeness (QED) is 0.730. The molecule has 1 saturated heterocycles. The van der Waals surface area contributed by atoms with Gasteiger partial charge in [-0.1, -0.05) is 25.1 Å². The van der Waals surface area contributed by atoms with Crippen molar-refractivity contribution in [3.05, 3.63) is 42.2 Å². The van der Waals surface area contributed by atoms with Crippen LogP contribution >= 0.6 is 0 Å². The molecule has 1 aromatic carbocycles. The highest BCUT2D eigenvalue weighted by Crippen LogP contribution is 2.22. The van der Waals surface area contributed by atoms with Gasteiger partial charge in [0.1, 0.15) is 0 Å². The SMILES string of the molecule is CCOC(=O)c1nn(-c2ccccc2)cc1OCC(=O)N1CCCC(C)C1. The third-order valence-corrected chi connectivity index (χ3v) is 4.53. The number of carbonyl (C=O) groups excluding carboxylic acids is 2. The van der Waals surface area contributed by atoms with Crippen LogP contribution in [0.5, 0.6) is 5.75 Å². The Morgan fingerprint density at radius 2 is 2.04 bits per heavy atom. The average Bonchev–Trinajstić information content (AvgIpc) is 3.11. The van der Waals surface area contributed by atoms with Gasteiger partial charge in [-0.3, -0.25) is 4.79 Å². The second-order valence-corrected chi connectivity index (χ2v) is 6.72. The first-order chi connectivity index (χ1) is 13.1. The number of rotatable bonds is 6. The first kappa shape index (κ1) is 18.9. The minimum absolute atomic E-state index is 0.0699. The van der Waals surface area contributed by atoms with Gasteiger partial charge in [-0.05, 0) is 37.8 Å². The molecule has 0 bridgehead atoms. The van der Waals surface area contributed by atoms with Gasteiger partial charge in [0, 0.05) is 13.1 Å². The van der Waals surface area contributed by atoms with Crippen LogP contribution in [0.15, 0.2) is 36.5 Å². The van der Waals surface area contributed by atoms with Crippen LogP contribution in [0.4, 0.5) is 0 Å². The fraction of sp³-hybridized carbons (Fsp3) is 0.450. The summed E-state index contributed by atoms with van der Waals surface area (Å²) in [5, 5.41) is 4.29. The average molecular weight is 371 g/mol. The van der Waals surface area contributed by atoms with Gasteiger partial charge in [-0.15, -0.1) is 0 Å². The first-order valence-corrected chi connectivity index (χ1v) is 9.31. The Morgan fingerprint density at radius 3 is 2.74 bits per heavy atom. The summed E-state index contributed by atoms with van der Waals surface area (Å²) in [6.07, 6.45) is 3.75. The van der Waals surface area contributed by atoms with Crippen molar-refractivity contribution in [1.82, 2.24) is 14.7 Å². The molecule has 7 heteroatoms. The molecular weight excluding hydrogens is 346 g/mol. The fourth-order valence-corrected chi connectivity index (χ4v) is 3.16. The van der Waals surface area contributed by atoms with E-state index >= 15 is 0 Å². The van der Waals surface area contributed by atoms with E-state index in [1.165, 1.54) is 0 Å². The highest BCUT2D eigenvalue weighted by Gasteiger charge is 2.24. The van der Waals surface area contributed by atoms with Crippen molar-refractivity contribution >= 4 is 11.9 Å². The standard InChI is InChI=1S/C20H25N3O4/c1-3-26-20(25)19-17(13-23(21-19)16-9-5-4-6-10-16)27-14-18(24)22-11-7-8-15(2)12-22/h4-6,9-10,13,15H,3,7-8,11-12,14H2,1-2H3. The van der Waals surface area contributed by atoms with Crippen molar-refractivity contribution in [3.63, 3.8) is 0 Å². The molecule has 7 nitrogen and oxygen atoms in total. The number of hydrogen-bond acceptors (Lipinski definition) is 5. The van der Waals surface area contributed by atoms with Crippen molar-refractivity contribution in [2.24, 2.45) is 5.92 Å². The smallest absolute Gasteiger partial charge is 0.362 e. The molecule has 1 fully saturated rings. The van der Waals surface area contributed by atoms with Crippen molar-refractivity contribution in [2.45, 2.75) is 26.7 Å². The largest absolute Gasteiger partial charge is 0.480 e. The Balaban J connectivity index is 1.75. The normalized spacial score (nSPS) is 16.8. The van der Waals surface area contributed by atoms with E-state index in [1.54, 1.807) is 17.8 Å². The number of benzene rings is 1. The van der Waals surface area contributed by atoms with Gasteiger partial charge in [-0.2, -0.15) is 5.10 Å². The summed E-state index contributed by atoms with van der Waals surface area (Å²) < 4.78 is 12.3. The molecule has 0 saturated carbocycles. The zero-order valence-electron chi connectivity index (χ0n) is 15.8. The van der Waals surface area contributed by atoms with Crippen LogP contribution in [0.1, 0.15) is 37.2 Å². The van der Waals surface area contributed by atoms with Gasteiger partial charge in [-0.25, -0.2) is 9.48 Å². The van der Waals surface area contributed by atoms with E-state index in [2.05, 4.69) is 12.0 Å². The maximum Gasteiger partial charge on any atom is 0.362 e. The van der Waals surface area contributed by atoms with Crippen LogP contribution in [0, 0.1) is 5.92 Å². The Morgan fingerprint density at radius 1 is 1.26 bits per heavy atom. The molecule has 2 aromatic rings. The zero-order chi connectivity index (χ0) is 19.2. The molecule has 27 heavy (non-hydrogen) atoms. The van der Waals surface area contributed by atoms with E-state index in [1.807, 2.05) is 35.2 Å². The summed E-state index contributed by atoms with van der Waals surface area (Å²) in [5.41, 5.74) is 0.856. The number of aromatic nitrogens is 2. The third-order valence-electron chi connectivity index (χ3n) is 4.53. The highest BCUT2D eigenvalue weighted by molar-refractivity contribution is 5.90. The number of esters is 1. The number of carbonyl (C=O) groups is 2. The van der Waals surface area contributed by atoms with E-state index < -0.39 is 5.97 Å². The van der Waals surface area contributed by atoms with Gasteiger partial charge in [0.2, 0.25) is 5.69 Å². The molecule has 3 rings (SSSR count). The summed E-state index contributed by atoms with van der Waals surface area (Å²) in [5.74, 6) is 0.0966. The van der Waals surface area contributed by atoms with E-state index in [4.69, 9.17) is 9.47 Å². The van der Waals surface area contributed by atoms with Gasteiger partial charge >= 0.3 is 5.97 Å². The summed E-state index contributed by atoms with van der Waals surface area (Å²) >= 11 is 0. The molecule has 1 unspecified atom stereocenters. The molecule has 0 radical (unpaired) electrons. The first-order valence-electron chi connectivity index (χ1n) is 9.31. The monoisotopic (exact) mass is 371 g/mol. The lowest BCUT2D eigenvalue weighted by molar-refractivity contribution is -0.135. The molecule has 0 spiro atoms. The number of amides is 1. The van der Waals surface area contributed by atoms with Crippen molar-refractivity contribution in [3.8, 4) is 11.4 Å². The molecule has 1 aliphatic rings. The van der Waals surface area contributed by atoms with E-state index in [9.17, 15) is 9.59 Å². The van der Waals surface area contributed by atoms with Gasteiger partial charge < -0.3 is 14.4 Å². The molecular formula is C20H25N3O4. The van der Waals surface area contributed by atoms with Crippen molar-refractivity contribution < 1.29 is 19.1 Å². The topological polar surface area (TPSA) is 73.7 Å². The molecule has 1 atom stereocenters. The third kappa shape index (κ3) is 4.67. The molecule has 1 aliphatic heterocycles. The van der Waals surface area contributed by atoms with Gasteiger partial charge in [0.05, 0.1) is 18.5 Å². The maximum atomic E-state index is 12.5. The number of ether oxygens (including phenoxy) is 2. The summed E-state index contributed by atoms with van der Waals surface area (Å²) in [6.45, 7) is 5.48. The highest BCUT2D eigenvalue weighted by atomic mass is 16.5. The number of likely N-dealkylation sites (tertiary alicyclic amines) is 1. The lowest BCUT2D eigenvalue weighted by Crippen LogP contribution is -2.41.